The lowest BCUT2D eigenvalue weighted by Crippen LogP contribution is -2.28. The molecule has 0 atom stereocenters. The molecule has 6 heteroatoms. The van der Waals surface area contributed by atoms with Crippen LogP contribution in [-0.4, -0.2) is 32.4 Å². The molecule has 3 rings (SSSR count). The minimum absolute atomic E-state index is 0.220. The number of aryl methyl sites for hydroxylation is 1. The summed E-state index contributed by atoms with van der Waals surface area (Å²) in [6, 6.07) is 11.8. The van der Waals surface area contributed by atoms with Crippen molar-refractivity contribution in [3.8, 4) is 16.9 Å². The Morgan fingerprint density at radius 2 is 1.81 bits per heavy atom. The first-order chi connectivity index (χ1) is 12.6. The number of pyridine rings is 1. The highest BCUT2D eigenvalue weighted by atomic mass is 16.2. The number of rotatable bonds is 6. The predicted molar refractivity (Wildman–Crippen MR) is 101 cm³/mol. The summed E-state index contributed by atoms with van der Waals surface area (Å²) < 4.78 is 1.71. The average molecular weight is 349 g/mol. The quantitative estimate of drug-likeness (QED) is 0.741. The van der Waals surface area contributed by atoms with E-state index in [1.54, 1.807) is 17.1 Å². The fraction of sp³-hybridized carbons (Fsp3) is 0.300. The highest BCUT2D eigenvalue weighted by molar-refractivity contribution is 5.98. The minimum atomic E-state index is -0.220. The van der Waals surface area contributed by atoms with Gasteiger partial charge in [0.25, 0.3) is 5.91 Å². The van der Waals surface area contributed by atoms with Gasteiger partial charge in [0.1, 0.15) is 5.69 Å². The van der Waals surface area contributed by atoms with Crippen LogP contribution < -0.4 is 5.32 Å². The Labute approximate surface area is 153 Å². The fourth-order valence-electron chi connectivity index (χ4n) is 2.64. The fourth-order valence-corrected chi connectivity index (χ4v) is 2.64. The van der Waals surface area contributed by atoms with Gasteiger partial charge in [-0.3, -0.25) is 9.78 Å². The van der Waals surface area contributed by atoms with E-state index in [0.717, 1.165) is 17.7 Å². The molecule has 26 heavy (non-hydrogen) atoms. The zero-order valence-electron chi connectivity index (χ0n) is 15.3. The molecular weight excluding hydrogens is 326 g/mol. The van der Waals surface area contributed by atoms with Crippen LogP contribution in [0.2, 0.25) is 0 Å². The molecule has 0 unspecified atom stereocenters. The van der Waals surface area contributed by atoms with Crippen molar-refractivity contribution in [2.75, 3.05) is 6.54 Å². The van der Waals surface area contributed by atoms with Gasteiger partial charge >= 0.3 is 0 Å². The van der Waals surface area contributed by atoms with E-state index in [1.807, 2.05) is 24.3 Å². The van der Waals surface area contributed by atoms with Crippen molar-refractivity contribution in [3.63, 3.8) is 0 Å². The van der Waals surface area contributed by atoms with E-state index in [-0.39, 0.29) is 5.91 Å². The zero-order valence-corrected chi connectivity index (χ0v) is 15.3. The topological polar surface area (TPSA) is 72.7 Å². The SMILES string of the molecule is CCc1ccc(-n2nnc(C(=O)NCC(C)C)c2-c2ccncc2)cc1. The Morgan fingerprint density at radius 3 is 2.42 bits per heavy atom. The van der Waals surface area contributed by atoms with Crippen molar-refractivity contribution in [2.45, 2.75) is 27.2 Å². The van der Waals surface area contributed by atoms with Gasteiger partial charge in [0.15, 0.2) is 5.69 Å². The van der Waals surface area contributed by atoms with Crippen molar-refractivity contribution in [1.82, 2.24) is 25.3 Å². The number of carbonyl (C=O) groups excluding carboxylic acids is 1. The first-order valence-corrected chi connectivity index (χ1v) is 8.83. The molecule has 1 aromatic carbocycles. The van der Waals surface area contributed by atoms with Crippen LogP contribution in [0.3, 0.4) is 0 Å². The maximum atomic E-state index is 12.6. The molecule has 0 fully saturated rings. The summed E-state index contributed by atoms with van der Waals surface area (Å²) in [5.41, 5.74) is 3.94. The summed E-state index contributed by atoms with van der Waals surface area (Å²) in [6.07, 6.45) is 4.36. The molecule has 1 N–H and O–H groups in total. The van der Waals surface area contributed by atoms with Gasteiger partial charge in [0, 0.05) is 24.5 Å². The van der Waals surface area contributed by atoms with Crippen molar-refractivity contribution in [1.29, 1.82) is 0 Å². The second-order valence-electron chi connectivity index (χ2n) is 6.56. The maximum Gasteiger partial charge on any atom is 0.274 e. The minimum Gasteiger partial charge on any atom is -0.350 e. The third kappa shape index (κ3) is 3.79. The lowest BCUT2D eigenvalue weighted by Gasteiger charge is -2.10. The summed E-state index contributed by atoms with van der Waals surface area (Å²) >= 11 is 0. The standard InChI is InChI=1S/C20H23N5O/c1-4-15-5-7-17(8-6-15)25-19(16-9-11-21-12-10-16)18(23-24-25)20(26)22-13-14(2)3/h5-12,14H,4,13H2,1-3H3,(H,22,26). The van der Waals surface area contributed by atoms with Gasteiger partial charge in [-0.2, -0.15) is 0 Å². The van der Waals surface area contributed by atoms with Crippen molar-refractivity contribution < 1.29 is 4.79 Å². The average Bonchev–Trinajstić information content (AvgIpc) is 3.12. The molecule has 0 saturated heterocycles. The van der Waals surface area contributed by atoms with Crippen LogP contribution in [-0.2, 0) is 6.42 Å². The molecule has 1 amide bonds. The molecule has 6 nitrogen and oxygen atoms in total. The highest BCUT2D eigenvalue weighted by Crippen LogP contribution is 2.25. The normalized spacial score (nSPS) is 10.9. The summed E-state index contributed by atoms with van der Waals surface area (Å²) in [5, 5.41) is 11.3. The summed E-state index contributed by atoms with van der Waals surface area (Å²) in [4.78, 5) is 16.7. The van der Waals surface area contributed by atoms with Crippen molar-refractivity contribution in [2.24, 2.45) is 5.92 Å². The molecular formula is C20H23N5O. The third-order valence-corrected chi connectivity index (χ3v) is 4.10. The van der Waals surface area contributed by atoms with Gasteiger partial charge in [0.05, 0.1) is 5.69 Å². The molecule has 3 aromatic rings. The summed E-state index contributed by atoms with van der Waals surface area (Å²) in [5.74, 6) is 0.141. The van der Waals surface area contributed by atoms with Crippen LogP contribution in [0.25, 0.3) is 16.9 Å². The highest BCUT2D eigenvalue weighted by Gasteiger charge is 2.22. The lowest BCUT2D eigenvalue weighted by atomic mass is 10.1. The first-order valence-electron chi connectivity index (χ1n) is 8.83. The molecule has 0 spiro atoms. The van der Waals surface area contributed by atoms with Gasteiger partial charge in [0.2, 0.25) is 0 Å². The molecule has 2 aromatic heterocycles. The van der Waals surface area contributed by atoms with Crippen LogP contribution in [0, 0.1) is 5.92 Å². The monoisotopic (exact) mass is 349 g/mol. The largest absolute Gasteiger partial charge is 0.350 e. The molecule has 0 bridgehead atoms. The Morgan fingerprint density at radius 1 is 1.12 bits per heavy atom. The number of aromatic nitrogens is 4. The number of hydrogen-bond acceptors (Lipinski definition) is 4. The first kappa shape index (κ1) is 17.8. The predicted octanol–water partition coefficient (Wildman–Crippen LogP) is 3.28. The Bertz CT molecular complexity index is 869. The number of carbonyl (C=O) groups is 1. The van der Waals surface area contributed by atoms with Gasteiger partial charge < -0.3 is 5.32 Å². The molecule has 0 aliphatic heterocycles. The van der Waals surface area contributed by atoms with E-state index >= 15 is 0 Å². The van der Waals surface area contributed by atoms with Crippen molar-refractivity contribution >= 4 is 5.91 Å². The van der Waals surface area contributed by atoms with Crippen LogP contribution in [0.1, 0.15) is 36.8 Å². The summed E-state index contributed by atoms with van der Waals surface area (Å²) in [7, 11) is 0. The summed E-state index contributed by atoms with van der Waals surface area (Å²) in [6.45, 7) is 6.81. The number of hydrogen-bond donors (Lipinski definition) is 1. The molecule has 0 aliphatic carbocycles. The van der Waals surface area contributed by atoms with E-state index in [2.05, 4.69) is 53.5 Å². The van der Waals surface area contributed by atoms with Crippen LogP contribution in [0.15, 0.2) is 48.8 Å². The smallest absolute Gasteiger partial charge is 0.274 e. The van der Waals surface area contributed by atoms with E-state index in [1.165, 1.54) is 5.56 Å². The molecule has 0 radical (unpaired) electrons. The van der Waals surface area contributed by atoms with Gasteiger partial charge in [-0.05, 0) is 42.2 Å². The van der Waals surface area contributed by atoms with Gasteiger partial charge in [-0.1, -0.05) is 38.1 Å². The number of benzene rings is 1. The molecule has 0 saturated carbocycles. The Kier molecular flexibility index (Phi) is 5.41. The second kappa shape index (κ2) is 7.91. The number of amides is 1. The third-order valence-electron chi connectivity index (χ3n) is 4.10. The van der Waals surface area contributed by atoms with Crippen molar-refractivity contribution in [3.05, 3.63) is 60.0 Å². The van der Waals surface area contributed by atoms with Gasteiger partial charge in [-0.15, -0.1) is 5.10 Å². The number of nitrogens with zero attached hydrogens (tertiary/aromatic N) is 4. The molecule has 134 valence electrons. The van der Waals surface area contributed by atoms with Crippen LogP contribution >= 0.6 is 0 Å². The van der Waals surface area contributed by atoms with E-state index in [4.69, 9.17) is 0 Å². The molecule has 0 aliphatic rings. The zero-order chi connectivity index (χ0) is 18.5. The van der Waals surface area contributed by atoms with E-state index in [9.17, 15) is 4.79 Å². The van der Waals surface area contributed by atoms with Crippen LogP contribution in [0.5, 0.6) is 0 Å². The number of nitrogens with one attached hydrogen (secondary N) is 1. The lowest BCUT2D eigenvalue weighted by molar-refractivity contribution is 0.0944. The van der Waals surface area contributed by atoms with Gasteiger partial charge in [-0.25, -0.2) is 4.68 Å². The Balaban J connectivity index is 2.06. The Hall–Kier alpha value is -3.02. The maximum absolute atomic E-state index is 12.6. The van der Waals surface area contributed by atoms with Crippen LogP contribution in [0.4, 0.5) is 0 Å². The van der Waals surface area contributed by atoms with E-state index < -0.39 is 0 Å². The molecule has 2 heterocycles. The van der Waals surface area contributed by atoms with E-state index in [0.29, 0.717) is 23.9 Å². The second-order valence-corrected chi connectivity index (χ2v) is 6.56.